The molecule has 1 atom stereocenters. The van der Waals surface area contributed by atoms with Crippen LogP contribution in [0.25, 0.3) is 0 Å². The summed E-state index contributed by atoms with van der Waals surface area (Å²) in [5.41, 5.74) is 1.92. The van der Waals surface area contributed by atoms with Crippen LogP contribution in [-0.4, -0.2) is 12.5 Å². The van der Waals surface area contributed by atoms with Crippen LogP contribution in [0.4, 0.5) is 5.69 Å². The van der Waals surface area contributed by atoms with Crippen LogP contribution in [0.5, 0.6) is 0 Å². The quantitative estimate of drug-likeness (QED) is 0.650. The van der Waals surface area contributed by atoms with Crippen molar-refractivity contribution in [2.24, 2.45) is 0 Å². The van der Waals surface area contributed by atoms with Gasteiger partial charge < -0.3 is 10.1 Å². The number of fused-ring (bicyclic) bond motifs is 2. The van der Waals surface area contributed by atoms with Crippen molar-refractivity contribution in [3.05, 3.63) is 41.5 Å². The van der Waals surface area contributed by atoms with Crippen molar-refractivity contribution in [1.29, 1.82) is 0 Å². The van der Waals surface area contributed by atoms with Gasteiger partial charge in [-0.05, 0) is 18.6 Å². The maximum absolute atomic E-state index is 12.0. The van der Waals surface area contributed by atoms with Gasteiger partial charge in [0, 0.05) is 11.3 Å². The molecule has 1 aromatic rings. The molecule has 1 amide bonds. The van der Waals surface area contributed by atoms with Gasteiger partial charge in [0.2, 0.25) is 0 Å². The second kappa shape index (κ2) is 2.70. The van der Waals surface area contributed by atoms with Crippen molar-refractivity contribution >= 4 is 11.6 Å². The normalized spacial score (nSPS) is 27.8. The van der Waals surface area contributed by atoms with Crippen LogP contribution in [0.1, 0.15) is 12.5 Å². The minimum Gasteiger partial charge on any atom is -0.352 e. The number of rotatable bonds is 0. The zero-order chi connectivity index (χ0) is 10.5. The summed E-state index contributed by atoms with van der Waals surface area (Å²) in [6.07, 6.45) is 1.96. The Hall–Kier alpha value is -1.61. The van der Waals surface area contributed by atoms with Crippen LogP contribution >= 0.6 is 0 Å². The molecule has 3 nitrogen and oxygen atoms in total. The third kappa shape index (κ3) is 0.908. The maximum Gasteiger partial charge on any atom is 0.265 e. The zero-order valence-corrected chi connectivity index (χ0v) is 8.41. The second-order valence-corrected chi connectivity index (χ2v) is 3.88. The summed E-state index contributed by atoms with van der Waals surface area (Å²) < 4.78 is 5.65. The monoisotopic (exact) mass is 201 g/mol. The molecule has 2 aliphatic heterocycles. The number of ether oxygens (including phenoxy) is 1. The summed E-state index contributed by atoms with van der Waals surface area (Å²) in [5.74, 6) is -0.0741. The molecule has 0 aliphatic carbocycles. The van der Waals surface area contributed by atoms with Gasteiger partial charge in [0.05, 0.1) is 6.61 Å². The standard InChI is InChI=1S/C12H11NO2/c1-8-6-7-15-12(8)9-4-2-3-5-10(9)13-11(12)14/h2-6H,7H2,1H3,(H,13,14)/t12-/m1/s1. The molecule has 0 radical (unpaired) electrons. The highest BCUT2D eigenvalue weighted by Gasteiger charge is 2.51. The summed E-state index contributed by atoms with van der Waals surface area (Å²) in [5, 5.41) is 2.86. The summed E-state index contributed by atoms with van der Waals surface area (Å²) in [7, 11) is 0. The van der Waals surface area contributed by atoms with Crippen molar-refractivity contribution < 1.29 is 9.53 Å². The summed E-state index contributed by atoms with van der Waals surface area (Å²) in [4.78, 5) is 12.0. The number of nitrogens with one attached hydrogen (secondary N) is 1. The number of hydrogen-bond donors (Lipinski definition) is 1. The highest BCUT2D eigenvalue weighted by Crippen LogP contribution is 2.45. The zero-order valence-electron chi connectivity index (χ0n) is 8.41. The molecule has 0 saturated carbocycles. The van der Waals surface area contributed by atoms with Gasteiger partial charge in [-0.3, -0.25) is 4.79 Å². The highest BCUT2D eigenvalue weighted by molar-refractivity contribution is 6.07. The first-order valence-corrected chi connectivity index (χ1v) is 4.97. The van der Waals surface area contributed by atoms with Crippen molar-refractivity contribution in [3.8, 4) is 0 Å². The number of hydrogen-bond acceptors (Lipinski definition) is 2. The molecule has 0 fully saturated rings. The number of para-hydroxylation sites is 1. The molecule has 3 rings (SSSR count). The molecule has 15 heavy (non-hydrogen) atoms. The van der Waals surface area contributed by atoms with E-state index in [1.165, 1.54) is 0 Å². The Morgan fingerprint density at radius 3 is 2.93 bits per heavy atom. The molecule has 0 unspecified atom stereocenters. The van der Waals surface area contributed by atoms with Gasteiger partial charge in [-0.25, -0.2) is 0 Å². The first kappa shape index (κ1) is 8.68. The first-order valence-electron chi connectivity index (χ1n) is 4.97. The van der Waals surface area contributed by atoms with Gasteiger partial charge in [-0.1, -0.05) is 24.3 Å². The van der Waals surface area contributed by atoms with Gasteiger partial charge in [0.25, 0.3) is 5.91 Å². The van der Waals surface area contributed by atoms with Crippen LogP contribution in [-0.2, 0) is 15.1 Å². The Kier molecular flexibility index (Phi) is 1.56. The van der Waals surface area contributed by atoms with E-state index in [0.29, 0.717) is 6.61 Å². The number of benzene rings is 1. The van der Waals surface area contributed by atoms with Crippen LogP contribution in [0, 0.1) is 0 Å². The van der Waals surface area contributed by atoms with Gasteiger partial charge in [-0.2, -0.15) is 0 Å². The molecule has 0 aromatic heterocycles. The molecule has 76 valence electrons. The average Bonchev–Trinajstić information content (AvgIpc) is 2.74. The van der Waals surface area contributed by atoms with E-state index in [9.17, 15) is 4.79 Å². The summed E-state index contributed by atoms with van der Waals surface area (Å²) in [6, 6.07) is 7.68. The Bertz CT molecular complexity index is 478. The lowest BCUT2D eigenvalue weighted by atomic mass is 9.89. The molecule has 1 spiro atoms. The number of carbonyl (C=O) groups is 1. The van der Waals surface area contributed by atoms with Crippen molar-refractivity contribution in [2.45, 2.75) is 12.5 Å². The Balaban J connectivity index is 2.26. The summed E-state index contributed by atoms with van der Waals surface area (Å²) >= 11 is 0. The molecule has 2 heterocycles. The topological polar surface area (TPSA) is 38.3 Å². The van der Waals surface area contributed by atoms with E-state index < -0.39 is 5.60 Å². The van der Waals surface area contributed by atoms with E-state index in [-0.39, 0.29) is 5.91 Å². The van der Waals surface area contributed by atoms with Gasteiger partial charge >= 0.3 is 0 Å². The predicted octanol–water partition coefficient (Wildman–Crippen LogP) is 1.81. The van der Waals surface area contributed by atoms with E-state index in [2.05, 4.69) is 5.32 Å². The largest absolute Gasteiger partial charge is 0.352 e. The van der Waals surface area contributed by atoms with Crippen LogP contribution in [0.2, 0.25) is 0 Å². The predicted molar refractivity (Wildman–Crippen MR) is 56.5 cm³/mol. The molecule has 2 aliphatic rings. The fourth-order valence-electron chi connectivity index (χ4n) is 2.32. The Morgan fingerprint density at radius 1 is 1.40 bits per heavy atom. The first-order chi connectivity index (χ1) is 7.25. The lowest BCUT2D eigenvalue weighted by molar-refractivity contribution is -0.132. The molecular weight excluding hydrogens is 190 g/mol. The Morgan fingerprint density at radius 2 is 2.20 bits per heavy atom. The van der Waals surface area contributed by atoms with E-state index in [4.69, 9.17) is 4.74 Å². The van der Waals surface area contributed by atoms with E-state index in [1.807, 2.05) is 37.3 Å². The van der Waals surface area contributed by atoms with Gasteiger partial charge in [-0.15, -0.1) is 0 Å². The minimum atomic E-state index is -0.851. The smallest absolute Gasteiger partial charge is 0.265 e. The molecule has 1 aromatic carbocycles. The summed E-state index contributed by atoms with van der Waals surface area (Å²) in [6.45, 7) is 2.45. The van der Waals surface area contributed by atoms with Gasteiger partial charge in [0.1, 0.15) is 0 Å². The lowest BCUT2D eigenvalue weighted by Gasteiger charge is -2.22. The van der Waals surface area contributed by atoms with Crippen LogP contribution in [0.15, 0.2) is 35.9 Å². The van der Waals surface area contributed by atoms with Crippen molar-refractivity contribution in [3.63, 3.8) is 0 Å². The molecule has 0 saturated heterocycles. The van der Waals surface area contributed by atoms with Gasteiger partial charge in [0.15, 0.2) is 5.60 Å². The van der Waals surface area contributed by atoms with E-state index in [1.54, 1.807) is 0 Å². The third-order valence-electron chi connectivity index (χ3n) is 3.12. The van der Waals surface area contributed by atoms with Crippen molar-refractivity contribution in [2.75, 3.05) is 11.9 Å². The van der Waals surface area contributed by atoms with Crippen molar-refractivity contribution in [1.82, 2.24) is 0 Å². The maximum atomic E-state index is 12.0. The fourth-order valence-corrected chi connectivity index (χ4v) is 2.32. The molecule has 0 bridgehead atoms. The average molecular weight is 201 g/mol. The van der Waals surface area contributed by atoms with E-state index >= 15 is 0 Å². The SMILES string of the molecule is CC1=CCO[C@]12C(=O)Nc1ccccc12. The number of carbonyl (C=O) groups excluding carboxylic acids is 1. The lowest BCUT2D eigenvalue weighted by Crippen LogP contribution is -2.35. The molecule has 3 heteroatoms. The molecular formula is C12H11NO2. The highest BCUT2D eigenvalue weighted by atomic mass is 16.5. The van der Waals surface area contributed by atoms with E-state index in [0.717, 1.165) is 16.8 Å². The van der Waals surface area contributed by atoms with Crippen LogP contribution < -0.4 is 5.32 Å². The van der Waals surface area contributed by atoms with Crippen LogP contribution in [0.3, 0.4) is 0 Å². The minimum absolute atomic E-state index is 0.0741. The second-order valence-electron chi connectivity index (χ2n) is 3.88. The fraction of sp³-hybridized carbons (Fsp3) is 0.250. The Labute approximate surface area is 87.7 Å². The third-order valence-corrected chi connectivity index (χ3v) is 3.12. The number of amides is 1. The number of anilines is 1. The molecule has 1 N–H and O–H groups in total.